The maximum absolute atomic E-state index is 12.1. The molecular weight excluding hydrogens is 264 g/mol. The van der Waals surface area contributed by atoms with Gasteiger partial charge in [-0.25, -0.2) is 4.98 Å². The van der Waals surface area contributed by atoms with Gasteiger partial charge in [0.25, 0.3) is 5.91 Å². The van der Waals surface area contributed by atoms with Gasteiger partial charge in [-0.3, -0.25) is 9.78 Å². The highest BCUT2D eigenvalue weighted by molar-refractivity contribution is 5.94. The minimum Gasteiger partial charge on any atom is -0.350 e. The van der Waals surface area contributed by atoms with Gasteiger partial charge < -0.3 is 10.3 Å². The molecule has 0 radical (unpaired) electrons. The summed E-state index contributed by atoms with van der Waals surface area (Å²) in [5.74, 6) is 0.610. The second kappa shape index (κ2) is 4.69. The molecule has 110 valence electrons. The molecule has 0 aliphatic carbocycles. The number of amides is 1. The normalized spacial score (nSPS) is 17.0. The molecule has 3 rings (SSSR count). The highest BCUT2D eigenvalue weighted by Crippen LogP contribution is 2.27. The van der Waals surface area contributed by atoms with Crippen LogP contribution in [-0.2, 0) is 6.42 Å². The number of hydrogen-bond donors (Lipinski definition) is 2. The average Bonchev–Trinajstić information content (AvgIpc) is 2.78. The predicted molar refractivity (Wildman–Crippen MR) is 81.1 cm³/mol. The van der Waals surface area contributed by atoms with Crippen molar-refractivity contribution < 1.29 is 4.79 Å². The standard InChI is InChI=1S/C16H20N4O/c1-9-5-11(7-17-10(9)2)14-19-12-6-16(3,4)8-18-15(21)13(12)20-14/h5,7H,6,8H2,1-4H3,(H,18,21)(H,19,20). The first-order valence-electron chi connectivity index (χ1n) is 7.16. The molecule has 0 atom stereocenters. The number of aromatic nitrogens is 3. The predicted octanol–water partition coefficient (Wildman–Crippen LogP) is 2.40. The van der Waals surface area contributed by atoms with Crippen molar-refractivity contribution in [3.8, 4) is 11.4 Å². The summed E-state index contributed by atoms with van der Waals surface area (Å²) in [7, 11) is 0. The van der Waals surface area contributed by atoms with Gasteiger partial charge in [-0.15, -0.1) is 0 Å². The first-order valence-corrected chi connectivity index (χ1v) is 7.16. The summed E-state index contributed by atoms with van der Waals surface area (Å²) in [6.45, 7) is 8.94. The number of nitrogens with zero attached hydrogens (tertiary/aromatic N) is 2. The third-order valence-corrected chi connectivity index (χ3v) is 3.99. The molecule has 3 heterocycles. The number of fused-ring (bicyclic) bond motifs is 1. The van der Waals surface area contributed by atoms with Gasteiger partial charge in [0.2, 0.25) is 0 Å². The summed E-state index contributed by atoms with van der Waals surface area (Å²) in [6, 6.07) is 2.05. The lowest BCUT2D eigenvalue weighted by atomic mass is 9.88. The highest BCUT2D eigenvalue weighted by atomic mass is 16.1. The van der Waals surface area contributed by atoms with Gasteiger partial charge in [-0.05, 0) is 37.3 Å². The van der Waals surface area contributed by atoms with E-state index in [0.717, 1.165) is 28.9 Å². The molecule has 0 saturated carbocycles. The molecule has 0 unspecified atom stereocenters. The Morgan fingerprint density at radius 1 is 1.29 bits per heavy atom. The van der Waals surface area contributed by atoms with E-state index < -0.39 is 0 Å². The highest BCUT2D eigenvalue weighted by Gasteiger charge is 2.30. The second-order valence-corrected chi connectivity index (χ2v) is 6.56. The molecule has 2 aromatic rings. The largest absolute Gasteiger partial charge is 0.350 e. The SMILES string of the molecule is Cc1cc(-c2nc3c([nH]2)CC(C)(C)CNC3=O)cnc1C. The van der Waals surface area contributed by atoms with Crippen LogP contribution in [0, 0.1) is 19.3 Å². The second-order valence-electron chi connectivity index (χ2n) is 6.56. The van der Waals surface area contributed by atoms with Crippen LogP contribution >= 0.6 is 0 Å². The molecule has 0 bridgehead atoms. The molecule has 2 aromatic heterocycles. The lowest BCUT2D eigenvalue weighted by Gasteiger charge is -2.21. The minimum atomic E-state index is -0.102. The van der Waals surface area contributed by atoms with E-state index in [-0.39, 0.29) is 11.3 Å². The van der Waals surface area contributed by atoms with E-state index in [9.17, 15) is 4.79 Å². The lowest BCUT2D eigenvalue weighted by molar-refractivity contribution is 0.0940. The molecule has 5 nitrogen and oxygen atoms in total. The zero-order valence-corrected chi connectivity index (χ0v) is 12.9. The Morgan fingerprint density at radius 2 is 2.05 bits per heavy atom. The molecule has 1 aliphatic rings. The third kappa shape index (κ3) is 2.55. The zero-order chi connectivity index (χ0) is 15.2. The molecular formula is C16H20N4O. The molecule has 0 saturated heterocycles. The van der Waals surface area contributed by atoms with E-state index in [1.54, 1.807) is 6.20 Å². The summed E-state index contributed by atoms with van der Waals surface area (Å²) in [6.07, 6.45) is 2.59. The number of rotatable bonds is 1. The van der Waals surface area contributed by atoms with Crippen molar-refractivity contribution in [3.05, 3.63) is 34.9 Å². The number of imidazole rings is 1. The van der Waals surface area contributed by atoms with Crippen LogP contribution in [0.25, 0.3) is 11.4 Å². The molecule has 2 N–H and O–H groups in total. The summed E-state index contributed by atoms with van der Waals surface area (Å²) < 4.78 is 0. The molecule has 0 spiro atoms. The van der Waals surface area contributed by atoms with E-state index in [4.69, 9.17) is 0 Å². The summed E-state index contributed by atoms with van der Waals surface area (Å²) >= 11 is 0. The number of carbonyl (C=O) groups is 1. The van der Waals surface area contributed by atoms with Crippen LogP contribution in [0.4, 0.5) is 0 Å². The van der Waals surface area contributed by atoms with E-state index in [0.29, 0.717) is 18.1 Å². The van der Waals surface area contributed by atoms with Crippen molar-refractivity contribution in [1.82, 2.24) is 20.3 Å². The van der Waals surface area contributed by atoms with Gasteiger partial charge in [-0.1, -0.05) is 13.8 Å². The molecule has 21 heavy (non-hydrogen) atoms. The Kier molecular flexibility index (Phi) is 3.08. The Hall–Kier alpha value is -2.17. The number of aromatic amines is 1. The van der Waals surface area contributed by atoms with Gasteiger partial charge in [0.1, 0.15) is 11.5 Å². The molecule has 1 aliphatic heterocycles. The van der Waals surface area contributed by atoms with Crippen molar-refractivity contribution >= 4 is 5.91 Å². The summed E-state index contributed by atoms with van der Waals surface area (Å²) in [5, 5.41) is 2.94. The Labute approximate surface area is 124 Å². The van der Waals surface area contributed by atoms with Crippen LogP contribution in [0.5, 0.6) is 0 Å². The number of carbonyl (C=O) groups excluding carboxylic acids is 1. The van der Waals surface area contributed by atoms with Crippen LogP contribution in [0.15, 0.2) is 12.3 Å². The van der Waals surface area contributed by atoms with Crippen molar-refractivity contribution in [3.63, 3.8) is 0 Å². The molecule has 5 heteroatoms. The van der Waals surface area contributed by atoms with E-state index in [1.165, 1.54) is 0 Å². The maximum Gasteiger partial charge on any atom is 0.271 e. The fraction of sp³-hybridized carbons (Fsp3) is 0.438. The van der Waals surface area contributed by atoms with Gasteiger partial charge in [0.15, 0.2) is 0 Å². The monoisotopic (exact) mass is 284 g/mol. The van der Waals surface area contributed by atoms with Crippen LogP contribution in [0.2, 0.25) is 0 Å². The van der Waals surface area contributed by atoms with Gasteiger partial charge in [-0.2, -0.15) is 0 Å². The Morgan fingerprint density at radius 3 is 2.76 bits per heavy atom. The number of pyridine rings is 1. The zero-order valence-electron chi connectivity index (χ0n) is 12.9. The molecule has 1 amide bonds. The van der Waals surface area contributed by atoms with Crippen LogP contribution in [0.1, 0.15) is 41.3 Å². The quantitative estimate of drug-likeness (QED) is 0.844. The smallest absolute Gasteiger partial charge is 0.271 e. The lowest BCUT2D eigenvalue weighted by Crippen LogP contribution is -2.32. The molecule has 0 aromatic carbocycles. The topological polar surface area (TPSA) is 70.7 Å². The fourth-order valence-electron chi connectivity index (χ4n) is 2.58. The number of H-pyrrole nitrogens is 1. The van der Waals surface area contributed by atoms with Gasteiger partial charge in [0.05, 0.1) is 0 Å². The fourth-order valence-corrected chi connectivity index (χ4v) is 2.58. The third-order valence-electron chi connectivity index (χ3n) is 3.99. The Balaban J connectivity index is 2.05. The number of nitrogens with one attached hydrogen (secondary N) is 2. The maximum atomic E-state index is 12.1. The van der Waals surface area contributed by atoms with Gasteiger partial charge in [0, 0.05) is 29.7 Å². The van der Waals surface area contributed by atoms with Crippen LogP contribution < -0.4 is 5.32 Å². The average molecular weight is 284 g/mol. The summed E-state index contributed by atoms with van der Waals surface area (Å²) in [5.41, 5.74) is 4.47. The van der Waals surface area contributed by atoms with Crippen molar-refractivity contribution in [2.75, 3.05) is 6.54 Å². The molecule has 0 fully saturated rings. The first-order chi connectivity index (χ1) is 9.85. The Bertz CT molecular complexity index is 715. The van der Waals surface area contributed by atoms with Crippen molar-refractivity contribution in [1.29, 1.82) is 0 Å². The first kappa shape index (κ1) is 13.8. The van der Waals surface area contributed by atoms with Crippen molar-refractivity contribution in [2.45, 2.75) is 34.1 Å². The van der Waals surface area contributed by atoms with E-state index in [1.807, 2.05) is 19.9 Å². The number of aryl methyl sites for hydroxylation is 2. The van der Waals surface area contributed by atoms with Gasteiger partial charge >= 0.3 is 0 Å². The van der Waals surface area contributed by atoms with Crippen molar-refractivity contribution in [2.24, 2.45) is 5.41 Å². The number of hydrogen-bond acceptors (Lipinski definition) is 3. The summed E-state index contributed by atoms with van der Waals surface area (Å²) in [4.78, 5) is 24.3. The van der Waals surface area contributed by atoms with E-state index >= 15 is 0 Å². The van der Waals surface area contributed by atoms with E-state index in [2.05, 4.69) is 34.1 Å². The minimum absolute atomic E-state index is 0.0200. The van der Waals surface area contributed by atoms with Crippen LogP contribution in [0.3, 0.4) is 0 Å². The van der Waals surface area contributed by atoms with Crippen LogP contribution in [-0.4, -0.2) is 27.4 Å².